The monoisotopic (exact) mass is 263 g/mol. The highest BCUT2D eigenvalue weighted by Gasteiger charge is 2.35. The summed E-state index contributed by atoms with van der Waals surface area (Å²) >= 11 is 4.26. The molecule has 0 rings (SSSR count). The fourth-order valence-corrected chi connectivity index (χ4v) is 1.24. The molecule has 0 aliphatic carbocycles. The van der Waals surface area contributed by atoms with Crippen molar-refractivity contribution >= 4 is 24.7 Å². The van der Waals surface area contributed by atoms with E-state index in [1.165, 1.54) is 7.11 Å². The van der Waals surface area contributed by atoms with Gasteiger partial charge in [-0.3, -0.25) is 0 Å². The fourth-order valence-electron chi connectivity index (χ4n) is 1.07. The first-order chi connectivity index (χ1) is 7.47. The Morgan fingerprint density at radius 2 is 1.65 bits per heavy atom. The summed E-state index contributed by atoms with van der Waals surface area (Å²) in [6.07, 6.45) is -0.671. The Bertz CT molecular complexity index is 291. The molecule has 0 saturated carbocycles. The minimum Gasteiger partial charge on any atom is -0.467 e. The first kappa shape index (κ1) is 16.1. The van der Waals surface area contributed by atoms with Gasteiger partial charge in [0.2, 0.25) is 0 Å². The maximum atomic E-state index is 11.6. The number of carbonyl (C=O) groups is 2. The van der Waals surface area contributed by atoms with Gasteiger partial charge in [-0.05, 0) is 34.6 Å². The first-order valence-electron chi connectivity index (χ1n) is 5.27. The van der Waals surface area contributed by atoms with Crippen molar-refractivity contribution in [3.63, 3.8) is 0 Å². The number of hydrogen-bond acceptors (Lipinski definition) is 5. The number of nitrogens with one attached hydrogen (secondary N) is 1. The van der Waals surface area contributed by atoms with Crippen LogP contribution in [0.5, 0.6) is 0 Å². The minimum absolute atomic E-state index is 0.559. The minimum atomic E-state index is -0.870. The summed E-state index contributed by atoms with van der Waals surface area (Å²) in [5.41, 5.74) is -0.620. The number of ether oxygens (including phenoxy) is 2. The lowest BCUT2D eigenvalue weighted by atomic mass is 10.0. The van der Waals surface area contributed by atoms with Crippen LogP contribution in [0.4, 0.5) is 4.79 Å². The van der Waals surface area contributed by atoms with Gasteiger partial charge in [0.15, 0.2) is 0 Å². The molecule has 0 spiro atoms. The molecule has 0 unspecified atom stereocenters. The summed E-state index contributed by atoms with van der Waals surface area (Å²) < 4.78 is 8.93. The molecular weight excluding hydrogens is 242 g/mol. The lowest BCUT2D eigenvalue weighted by Crippen LogP contribution is -2.53. The maximum Gasteiger partial charge on any atom is 0.408 e. The van der Waals surface area contributed by atoms with Gasteiger partial charge in [-0.2, -0.15) is 12.6 Å². The Labute approximate surface area is 108 Å². The van der Waals surface area contributed by atoms with Crippen molar-refractivity contribution in [3.05, 3.63) is 0 Å². The number of carbonyl (C=O) groups excluding carboxylic acids is 2. The van der Waals surface area contributed by atoms with Gasteiger partial charge in [0, 0.05) is 4.75 Å². The van der Waals surface area contributed by atoms with Crippen LogP contribution in [-0.2, 0) is 14.3 Å². The zero-order valence-electron chi connectivity index (χ0n) is 11.2. The van der Waals surface area contributed by atoms with E-state index >= 15 is 0 Å². The van der Waals surface area contributed by atoms with E-state index in [2.05, 4.69) is 22.7 Å². The van der Waals surface area contributed by atoms with Gasteiger partial charge in [-0.25, -0.2) is 9.59 Å². The molecule has 6 heteroatoms. The third kappa shape index (κ3) is 6.41. The summed E-state index contributed by atoms with van der Waals surface area (Å²) in [6, 6.07) is -0.870. The summed E-state index contributed by atoms with van der Waals surface area (Å²) in [7, 11) is 1.26. The molecule has 1 amide bonds. The van der Waals surface area contributed by atoms with Crippen LogP contribution in [0.3, 0.4) is 0 Å². The van der Waals surface area contributed by atoms with Crippen molar-refractivity contribution in [1.29, 1.82) is 0 Å². The van der Waals surface area contributed by atoms with Crippen LogP contribution in [0.25, 0.3) is 0 Å². The summed E-state index contributed by atoms with van der Waals surface area (Å²) in [4.78, 5) is 23.1. The molecule has 1 atom stereocenters. The van der Waals surface area contributed by atoms with Crippen LogP contribution in [-0.4, -0.2) is 35.6 Å². The largest absolute Gasteiger partial charge is 0.467 e. The van der Waals surface area contributed by atoms with Crippen molar-refractivity contribution < 1.29 is 19.1 Å². The lowest BCUT2D eigenvalue weighted by Gasteiger charge is -2.29. The highest BCUT2D eigenvalue weighted by atomic mass is 32.1. The topological polar surface area (TPSA) is 64.6 Å². The van der Waals surface area contributed by atoms with Crippen molar-refractivity contribution in [2.45, 2.75) is 51.0 Å². The third-order valence-electron chi connectivity index (χ3n) is 1.80. The maximum absolute atomic E-state index is 11.6. The van der Waals surface area contributed by atoms with E-state index in [0.717, 1.165) is 0 Å². The molecule has 0 aliphatic rings. The SMILES string of the molecule is COC(=O)[C@H](NC(=O)OC(C)(C)C)C(C)(C)S. The average Bonchev–Trinajstić information content (AvgIpc) is 2.08. The molecular formula is C11H21NO4S. The molecule has 0 fully saturated rings. The van der Waals surface area contributed by atoms with Crippen LogP contribution < -0.4 is 5.32 Å². The van der Waals surface area contributed by atoms with E-state index in [-0.39, 0.29) is 0 Å². The fraction of sp³-hybridized carbons (Fsp3) is 0.818. The highest BCUT2D eigenvalue weighted by Crippen LogP contribution is 2.19. The number of amides is 1. The van der Waals surface area contributed by atoms with Gasteiger partial charge in [0.25, 0.3) is 0 Å². The molecule has 17 heavy (non-hydrogen) atoms. The number of hydrogen-bond donors (Lipinski definition) is 2. The van der Waals surface area contributed by atoms with E-state index in [9.17, 15) is 9.59 Å². The molecule has 1 N–H and O–H groups in total. The molecule has 0 aromatic carbocycles. The standard InChI is InChI=1S/C11H21NO4S/c1-10(2,3)16-9(14)12-7(8(13)15-6)11(4,5)17/h7,17H,1-6H3,(H,12,14)/t7-/m0/s1. The normalized spacial score (nSPS) is 13.8. The number of methoxy groups -OCH3 is 1. The van der Waals surface area contributed by atoms with Gasteiger partial charge >= 0.3 is 12.1 Å². The molecule has 0 radical (unpaired) electrons. The summed E-state index contributed by atoms with van der Waals surface area (Å²) in [5.74, 6) is -0.559. The Balaban J connectivity index is 4.67. The second-order valence-corrected chi connectivity index (χ2v) is 6.41. The molecule has 5 nitrogen and oxygen atoms in total. The molecule has 0 aliphatic heterocycles. The predicted molar refractivity (Wildman–Crippen MR) is 68.2 cm³/mol. The van der Waals surface area contributed by atoms with Gasteiger partial charge in [-0.1, -0.05) is 0 Å². The quantitative estimate of drug-likeness (QED) is 0.601. The second-order valence-electron chi connectivity index (χ2n) is 5.26. The van der Waals surface area contributed by atoms with Gasteiger partial charge in [0.05, 0.1) is 7.11 Å². The average molecular weight is 263 g/mol. The second kappa shape index (κ2) is 5.62. The molecule has 0 heterocycles. The van der Waals surface area contributed by atoms with Crippen LogP contribution in [0, 0.1) is 0 Å². The number of esters is 1. The molecule has 0 bridgehead atoms. The van der Waals surface area contributed by atoms with Crippen LogP contribution in [0.1, 0.15) is 34.6 Å². The van der Waals surface area contributed by atoms with E-state index in [1.54, 1.807) is 34.6 Å². The smallest absolute Gasteiger partial charge is 0.408 e. The number of rotatable bonds is 3. The van der Waals surface area contributed by atoms with E-state index in [0.29, 0.717) is 0 Å². The van der Waals surface area contributed by atoms with E-state index in [4.69, 9.17) is 4.74 Å². The Hall–Kier alpha value is -0.910. The van der Waals surface area contributed by atoms with Gasteiger partial charge < -0.3 is 14.8 Å². The van der Waals surface area contributed by atoms with E-state index < -0.39 is 28.5 Å². The Kier molecular flexibility index (Phi) is 5.32. The number of alkyl carbamates (subject to hydrolysis) is 1. The summed E-state index contributed by atoms with van der Waals surface area (Å²) in [5, 5.41) is 2.45. The molecule has 0 saturated heterocycles. The Morgan fingerprint density at radius 1 is 1.18 bits per heavy atom. The van der Waals surface area contributed by atoms with Crippen molar-refractivity contribution in [2.75, 3.05) is 7.11 Å². The highest BCUT2D eigenvalue weighted by molar-refractivity contribution is 7.81. The zero-order chi connectivity index (χ0) is 13.9. The van der Waals surface area contributed by atoms with E-state index in [1.807, 2.05) is 0 Å². The summed E-state index contributed by atoms with van der Waals surface area (Å²) in [6.45, 7) is 8.63. The van der Waals surface area contributed by atoms with Crippen molar-refractivity contribution in [1.82, 2.24) is 5.32 Å². The van der Waals surface area contributed by atoms with Crippen molar-refractivity contribution in [3.8, 4) is 0 Å². The van der Waals surface area contributed by atoms with Crippen molar-refractivity contribution in [2.24, 2.45) is 0 Å². The van der Waals surface area contributed by atoms with Crippen LogP contribution in [0.2, 0.25) is 0 Å². The zero-order valence-corrected chi connectivity index (χ0v) is 12.1. The molecule has 0 aromatic rings. The van der Waals surface area contributed by atoms with Gasteiger partial charge in [-0.15, -0.1) is 0 Å². The third-order valence-corrected chi connectivity index (χ3v) is 2.06. The van der Waals surface area contributed by atoms with Crippen LogP contribution >= 0.6 is 12.6 Å². The predicted octanol–water partition coefficient (Wildman–Crippen LogP) is 1.76. The lowest BCUT2D eigenvalue weighted by molar-refractivity contribution is -0.143. The van der Waals surface area contributed by atoms with Gasteiger partial charge in [0.1, 0.15) is 11.6 Å². The van der Waals surface area contributed by atoms with Crippen LogP contribution in [0.15, 0.2) is 0 Å². The Morgan fingerprint density at radius 3 is 1.94 bits per heavy atom. The number of thiol groups is 1. The molecule has 0 aromatic heterocycles. The first-order valence-corrected chi connectivity index (χ1v) is 5.72. The molecule has 100 valence electrons.